The number of rotatable bonds is 5. The Bertz CT molecular complexity index is 495. The van der Waals surface area contributed by atoms with Gasteiger partial charge in [-0.05, 0) is 24.3 Å². The predicted molar refractivity (Wildman–Crippen MR) is 65.8 cm³/mol. The van der Waals surface area contributed by atoms with Gasteiger partial charge in [-0.25, -0.2) is 12.7 Å². The van der Waals surface area contributed by atoms with Gasteiger partial charge < -0.3 is 10.7 Å². The summed E-state index contributed by atoms with van der Waals surface area (Å²) >= 11 is 0. The Balaban J connectivity index is 2.11. The number of hydrogen-bond acceptors (Lipinski definition) is 3. The minimum Gasteiger partial charge on any atom is -0.363 e. The van der Waals surface area contributed by atoms with Crippen LogP contribution in [0.15, 0.2) is 17.2 Å². The summed E-state index contributed by atoms with van der Waals surface area (Å²) in [6.45, 7) is 3.07. The fraction of sp³-hybridized carbons (Fsp3) is 0.636. The lowest BCUT2D eigenvalue weighted by molar-refractivity contribution is 0.445. The zero-order valence-corrected chi connectivity index (χ0v) is 11.0. The average Bonchev–Trinajstić information content (AvgIpc) is 2.83. The summed E-state index contributed by atoms with van der Waals surface area (Å²) < 4.78 is 25.8. The van der Waals surface area contributed by atoms with E-state index in [1.807, 2.05) is 0 Å². The SMILES string of the molecule is CC1CC1CN(C)S(=O)(=O)c1c[nH]c(CN)c1. The van der Waals surface area contributed by atoms with Crippen LogP contribution < -0.4 is 5.73 Å². The van der Waals surface area contributed by atoms with Crippen LogP contribution in [-0.2, 0) is 16.6 Å². The maximum absolute atomic E-state index is 12.2. The highest BCUT2D eigenvalue weighted by Crippen LogP contribution is 2.38. The maximum atomic E-state index is 12.2. The molecule has 0 amide bonds. The fourth-order valence-electron chi connectivity index (χ4n) is 1.95. The standard InChI is InChI=1S/C11H19N3O2S/c1-8-3-9(8)7-14(2)17(15,16)11-4-10(5-12)13-6-11/h4,6,8-9,13H,3,5,7,12H2,1-2H3. The van der Waals surface area contributed by atoms with Crippen LogP contribution in [0.1, 0.15) is 19.0 Å². The van der Waals surface area contributed by atoms with Gasteiger partial charge in [-0.3, -0.25) is 0 Å². The lowest BCUT2D eigenvalue weighted by Crippen LogP contribution is -2.29. The highest BCUT2D eigenvalue weighted by Gasteiger charge is 2.36. The van der Waals surface area contributed by atoms with Crippen molar-refractivity contribution >= 4 is 10.0 Å². The summed E-state index contributed by atoms with van der Waals surface area (Å²) in [6.07, 6.45) is 2.63. The van der Waals surface area contributed by atoms with Crippen LogP contribution in [0.3, 0.4) is 0 Å². The zero-order valence-electron chi connectivity index (χ0n) is 10.2. The summed E-state index contributed by atoms with van der Waals surface area (Å²) in [5, 5.41) is 0. The van der Waals surface area contributed by atoms with Gasteiger partial charge in [0.2, 0.25) is 10.0 Å². The molecule has 6 heteroatoms. The highest BCUT2D eigenvalue weighted by molar-refractivity contribution is 7.89. The van der Waals surface area contributed by atoms with Crippen LogP contribution in [0.25, 0.3) is 0 Å². The average molecular weight is 257 g/mol. The lowest BCUT2D eigenvalue weighted by atomic mass is 10.3. The van der Waals surface area contributed by atoms with Crippen LogP contribution in [-0.4, -0.2) is 31.3 Å². The summed E-state index contributed by atoms with van der Waals surface area (Å²) in [5.41, 5.74) is 6.18. The fourth-order valence-corrected chi connectivity index (χ4v) is 3.19. The minimum atomic E-state index is -3.36. The van der Waals surface area contributed by atoms with Crippen molar-refractivity contribution in [2.75, 3.05) is 13.6 Å². The zero-order chi connectivity index (χ0) is 12.6. The first-order chi connectivity index (χ1) is 7.95. The van der Waals surface area contributed by atoms with Gasteiger partial charge in [0.15, 0.2) is 0 Å². The first-order valence-electron chi connectivity index (χ1n) is 5.79. The Labute approximate surface area is 102 Å². The molecule has 2 rings (SSSR count). The van der Waals surface area contributed by atoms with Crippen molar-refractivity contribution in [3.8, 4) is 0 Å². The monoisotopic (exact) mass is 257 g/mol. The molecule has 1 aromatic rings. The molecule has 1 aliphatic rings. The van der Waals surface area contributed by atoms with Gasteiger partial charge in [0.1, 0.15) is 0 Å². The third kappa shape index (κ3) is 2.53. The van der Waals surface area contributed by atoms with Crippen LogP contribution in [0.2, 0.25) is 0 Å². The van der Waals surface area contributed by atoms with E-state index in [9.17, 15) is 8.42 Å². The molecule has 1 heterocycles. The summed E-state index contributed by atoms with van der Waals surface area (Å²) in [4.78, 5) is 3.16. The number of sulfonamides is 1. The molecule has 2 unspecified atom stereocenters. The molecule has 5 nitrogen and oxygen atoms in total. The third-order valence-corrected chi connectivity index (χ3v) is 5.21. The van der Waals surface area contributed by atoms with Gasteiger partial charge >= 0.3 is 0 Å². The Morgan fingerprint density at radius 3 is 2.71 bits per heavy atom. The topological polar surface area (TPSA) is 79.2 Å². The molecule has 1 aromatic heterocycles. The van der Waals surface area contributed by atoms with E-state index in [1.165, 1.54) is 10.5 Å². The molecule has 1 aliphatic carbocycles. The molecule has 1 saturated carbocycles. The Morgan fingerprint density at radius 2 is 2.24 bits per heavy atom. The van der Waals surface area contributed by atoms with Crippen molar-refractivity contribution in [2.45, 2.75) is 24.8 Å². The van der Waals surface area contributed by atoms with Crippen LogP contribution in [0.5, 0.6) is 0 Å². The second kappa shape index (κ2) is 4.44. The number of nitrogens with one attached hydrogen (secondary N) is 1. The van der Waals surface area contributed by atoms with E-state index in [0.29, 0.717) is 29.8 Å². The van der Waals surface area contributed by atoms with E-state index in [1.54, 1.807) is 13.1 Å². The maximum Gasteiger partial charge on any atom is 0.244 e. The van der Waals surface area contributed by atoms with Crippen molar-refractivity contribution in [3.05, 3.63) is 18.0 Å². The summed E-state index contributed by atoms with van der Waals surface area (Å²) in [6, 6.07) is 1.60. The molecule has 2 atom stereocenters. The van der Waals surface area contributed by atoms with Crippen LogP contribution >= 0.6 is 0 Å². The molecule has 0 saturated heterocycles. The first kappa shape index (κ1) is 12.6. The number of H-pyrrole nitrogens is 1. The van der Waals surface area contributed by atoms with E-state index < -0.39 is 10.0 Å². The second-order valence-corrected chi connectivity index (χ2v) is 6.87. The molecular formula is C11H19N3O2S. The van der Waals surface area contributed by atoms with E-state index in [0.717, 1.165) is 12.1 Å². The van der Waals surface area contributed by atoms with Crippen molar-refractivity contribution < 1.29 is 8.42 Å². The van der Waals surface area contributed by atoms with Gasteiger partial charge in [0.05, 0.1) is 4.90 Å². The van der Waals surface area contributed by atoms with E-state index in [-0.39, 0.29) is 0 Å². The van der Waals surface area contributed by atoms with Gasteiger partial charge in [0.25, 0.3) is 0 Å². The molecule has 0 aliphatic heterocycles. The van der Waals surface area contributed by atoms with Gasteiger partial charge in [-0.1, -0.05) is 6.92 Å². The molecule has 1 fully saturated rings. The van der Waals surface area contributed by atoms with Crippen LogP contribution in [0, 0.1) is 11.8 Å². The van der Waals surface area contributed by atoms with Crippen molar-refractivity contribution in [1.29, 1.82) is 0 Å². The van der Waals surface area contributed by atoms with E-state index in [4.69, 9.17) is 5.73 Å². The molecule has 17 heavy (non-hydrogen) atoms. The Kier molecular flexibility index (Phi) is 3.29. The smallest absolute Gasteiger partial charge is 0.244 e. The van der Waals surface area contributed by atoms with Gasteiger partial charge in [-0.15, -0.1) is 0 Å². The second-order valence-electron chi connectivity index (χ2n) is 4.82. The predicted octanol–water partition coefficient (Wildman–Crippen LogP) is 0.750. The largest absolute Gasteiger partial charge is 0.363 e. The number of nitrogens with zero attached hydrogens (tertiary/aromatic N) is 1. The van der Waals surface area contributed by atoms with Crippen molar-refractivity contribution in [1.82, 2.24) is 9.29 Å². The Morgan fingerprint density at radius 1 is 1.59 bits per heavy atom. The normalized spacial score (nSPS) is 24.2. The number of nitrogens with two attached hydrogens (primary N) is 1. The first-order valence-corrected chi connectivity index (χ1v) is 7.23. The minimum absolute atomic E-state index is 0.300. The van der Waals surface area contributed by atoms with Crippen LogP contribution in [0.4, 0.5) is 0 Å². The molecule has 0 radical (unpaired) electrons. The van der Waals surface area contributed by atoms with Crippen molar-refractivity contribution in [2.24, 2.45) is 17.6 Å². The molecule has 0 aromatic carbocycles. The Hall–Kier alpha value is -0.850. The number of aromatic nitrogens is 1. The molecule has 96 valence electrons. The highest BCUT2D eigenvalue weighted by atomic mass is 32.2. The number of hydrogen-bond donors (Lipinski definition) is 2. The molecule has 3 N–H and O–H groups in total. The van der Waals surface area contributed by atoms with E-state index >= 15 is 0 Å². The quantitative estimate of drug-likeness (QED) is 0.817. The number of aromatic amines is 1. The molecular weight excluding hydrogens is 238 g/mol. The van der Waals surface area contributed by atoms with Gasteiger partial charge in [-0.2, -0.15) is 0 Å². The van der Waals surface area contributed by atoms with Gasteiger partial charge in [0, 0.05) is 32.0 Å². The summed E-state index contributed by atoms with van der Waals surface area (Å²) in [5.74, 6) is 1.17. The van der Waals surface area contributed by atoms with E-state index in [2.05, 4.69) is 11.9 Å². The van der Waals surface area contributed by atoms with Crippen molar-refractivity contribution in [3.63, 3.8) is 0 Å². The third-order valence-electron chi connectivity index (χ3n) is 3.41. The lowest BCUT2D eigenvalue weighted by Gasteiger charge is -2.15. The molecule has 0 bridgehead atoms. The summed E-state index contributed by atoms with van der Waals surface area (Å²) in [7, 11) is -1.73. The molecule has 0 spiro atoms.